The van der Waals surface area contributed by atoms with Gasteiger partial charge >= 0.3 is 5.97 Å². The van der Waals surface area contributed by atoms with Gasteiger partial charge < -0.3 is 20.1 Å². The number of aryl methyl sites for hydroxylation is 1. The SMILES string of the molecule is CCOc1ccc(NCC(=O)Nc2cc(C(=O)OC)ccc2C)cc1. The van der Waals surface area contributed by atoms with E-state index in [1.807, 2.05) is 38.1 Å². The number of nitrogens with one attached hydrogen (secondary N) is 2. The molecule has 2 N–H and O–H groups in total. The maximum absolute atomic E-state index is 12.1. The van der Waals surface area contributed by atoms with Gasteiger partial charge in [0.2, 0.25) is 5.91 Å². The summed E-state index contributed by atoms with van der Waals surface area (Å²) in [6.07, 6.45) is 0. The van der Waals surface area contributed by atoms with E-state index in [4.69, 9.17) is 9.47 Å². The first kappa shape index (κ1) is 18.3. The van der Waals surface area contributed by atoms with Gasteiger partial charge in [-0.3, -0.25) is 4.79 Å². The molecule has 0 saturated carbocycles. The molecule has 0 unspecified atom stereocenters. The van der Waals surface area contributed by atoms with Crippen LogP contribution in [0.3, 0.4) is 0 Å². The van der Waals surface area contributed by atoms with Crippen molar-refractivity contribution in [2.24, 2.45) is 0 Å². The zero-order valence-electron chi connectivity index (χ0n) is 14.6. The molecule has 0 aliphatic heterocycles. The third-order valence-electron chi connectivity index (χ3n) is 3.55. The third kappa shape index (κ3) is 5.24. The first-order chi connectivity index (χ1) is 12.0. The average molecular weight is 342 g/mol. The van der Waals surface area contributed by atoms with Crippen molar-refractivity contribution in [3.63, 3.8) is 0 Å². The lowest BCUT2D eigenvalue weighted by atomic mass is 10.1. The van der Waals surface area contributed by atoms with E-state index in [0.29, 0.717) is 17.9 Å². The zero-order chi connectivity index (χ0) is 18.2. The molecular weight excluding hydrogens is 320 g/mol. The minimum atomic E-state index is -0.442. The molecule has 0 fully saturated rings. The smallest absolute Gasteiger partial charge is 0.337 e. The number of hydrogen-bond acceptors (Lipinski definition) is 5. The number of ether oxygens (including phenoxy) is 2. The van der Waals surface area contributed by atoms with Gasteiger partial charge in [0.05, 0.1) is 25.8 Å². The monoisotopic (exact) mass is 342 g/mol. The fraction of sp³-hybridized carbons (Fsp3) is 0.263. The molecule has 6 nitrogen and oxygen atoms in total. The normalized spacial score (nSPS) is 10.0. The second kappa shape index (κ2) is 8.73. The Labute approximate surface area is 147 Å². The Morgan fingerprint density at radius 2 is 1.80 bits per heavy atom. The molecule has 0 atom stereocenters. The summed E-state index contributed by atoms with van der Waals surface area (Å²) in [6, 6.07) is 12.4. The summed E-state index contributed by atoms with van der Waals surface area (Å²) in [5.74, 6) is 0.134. The number of anilines is 2. The van der Waals surface area contributed by atoms with Crippen molar-refractivity contribution in [2.75, 3.05) is 30.9 Å². The fourth-order valence-electron chi connectivity index (χ4n) is 2.21. The lowest BCUT2D eigenvalue weighted by Gasteiger charge is -2.11. The van der Waals surface area contributed by atoms with E-state index < -0.39 is 5.97 Å². The molecule has 2 aromatic carbocycles. The first-order valence-electron chi connectivity index (χ1n) is 7.99. The maximum atomic E-state index is 12.1. The molecule has 0 aliphatic rings. The van der Waals surface area contributed by atoms with Gasteiger partial charge in [-0.1, -0.05) is 6.07 Å². The van der Waals surface area contributed by atoms with E-state index in [1.165, 1.54) is 7.11 Å². The van der Waals surface area contributed by atoms with E-state index in [2.05, 4.69) is 10.6 Å². The number of carbonyl (C=O) groups excluding carboxylic acids is 2. The quantitative estimate of drug-likeness (QED) is 0.756. The summed E-state index contributed by atoms with van der Waals surface area (Å²) in [5, 5.41) is 5.84. The zero-order valence-corrected chi connectivity index (χ0v) is 14.6. The van der Waals surface area contributed by atoms with Gasteiger partial charge in [0, 0.05) is 11.4 Å². The van der Waals surface area contributed by atoms with E-state index >= 15 is 0 Å². The molecule has 1 amide bonds. The summed E-state index contributed by atoms with van der Waals surface area (Å²) in [6.45, 7) is 4.50. The van der Waals surface area contributed by atoms with Gasteiger partial charge in [-0.2, -0.15) is 0 Å². The molecular formula is C19H22N2O4. The molecule has 0 bridgehead atoms. The Balaban J connectivity index is 1.94. The van der Waals surface area contributed by atoms with Crippen molar-refractivity contribution in [3.05, 3.63) is 53.6 Å². The number of rotatable bonds is 7. The Morgan fingerprint density at radius 1 is 1.08 bits per heavy atom. The van der Waals surface area contributed by atoms with E-state index in [0.717, 1.165) is 17.0 Å². The molecule has 25 heavy (non-hydrogen) atoms. The van der Waals surface area contributed by atoms with E-state index in [9.17, 15) is 9.59 Å². The van der Waals surface area contributed by atoms with E-state index in [-0.39, 0.29) is 12.5 Å². The van der Waals surface area contributed by atoms with Gasteiger partial charge in [-0.05, 0) is 55.8 Å². The van der Waals surface area contributed by atoms with Crippen molar-refractivity contribution in [2.45, 2.75) is 13.8 Å². The second-order valence-electron chi connectivity index (χ2n) is 5.38. The van der Waals surface area contributed by atoms with E-state index in [1.54, 1.807) is 18.2 Å². The van der Waals surface area contributed by atoms with Crippen molar-refractivity contribution in [1.82, 2.24) is 0 Å². The molecule has 0 aromatic heterocycles. The Kier molecular flexibility index (Phi) is 6.39. The summed E-state index contributed by atoms with van der Waals surface area (Å²) >= 11 is 0. The first-order valence-corrected chi connectivity index (χ1v) is 7.99. The van der Waals surface area contributed by atoms with Gasteiger partial charge in [0.1, 0.15) is 5.75 Å². The molecule has 6 heteroatoms. The van der Waals surface area contributed by atoms with Crippen molar-refractivity contribution in [1.29, 1.82) is 0 Å². The lowest BCUT2D eigenvalue weighted by molar-refractivity contribution is -0.114. The summed E-state index contributed by atoms with van der Waals surface area (Å²) in [4.78, 5) is 23.7. The molecule has 132 valence electrons. The predicted molar refractivity (Wildman–Crippen MR) is 97.2 cm³/mol. The Bertz CT molecular complexity index is 742. The van der Waals surface area contributed by atoms with Crippen LogP contribution in [0.15, 0.2) is 42.5 Å². The average Bonchev–Trinajstić information content (AvgIpc) is 2.62. The molecule has 0 spiro atoms. The fourth-order valence-corrected chi connectivity index (χ4v) is 2.21. The minimum Gasteiger partial charge on any atom is -0.494 e. The lowest BCUT2D eigenvalue weighted by Crippen LogP contribution is -2.22. The molecule has 2 rings (SSSR count). The highest BCUT2D eigenvalue weighted by Crippen LogP contribution is 2.18. The van der Waals surface area contributed by atoms with Crippen LogP contribution >= 0.6 is 0 Å². The van der Waals surface area contributed by atoms with Crippen LogP contribution in [-0.4, -0.2) is 32.1 Å². The second-order valence-corrected chi connectivity index (χ2v) is 5.38. The van der Waals surface area contributed by atoms with Gasteiger partial charge in [-0.25, -0.2) is 4.79 Å². The van der Waals surface area contributed by atoms with Crippen LogP contribution < -0.4 is 15.4 Å². The van der Waals surface area contributed by atoms with Crippen molar-refractivity contribution >= 4 is 23.3 Å². The minimum absolute atomic E-state index is 0.107. The van der Waals surface area contributed by atoms with Crippen LogP contribution in [0.25, 0.3) is 0 Å². The molecule has 2 aromatic rings. The Hall–Kier alpha value is -3.02. The molecule has 0 radical (unpaired) electrons. The highest BCUT2D eigenvalue weighted by atomic mass is 16.5. The van der Waals surface area contributed by atoms with Crippen molar-refractivity contribution in [3.8, 4) is 5.75 Å². The molecule has 0 saturated heterocycles. The highest BCUT2D eigenvalue weighted by Gasteiger charge is 2.10. The topological polar surface area (TPSA) is 76.7 Å². The third-order valence-corrected chi connectivity index (χ3v) is 3.55. The summed E-state index contributed by atoms with van der Waals surface area (Å²) in [7, 11) is 1.32. The van der Waals surface area contributed by atoms with Crippen LogP contribution in [0.5, 0.6) is 5.75 Å². The van der Waals surface area contributed by atoms with Crippen LogP contribution in [-0.2, 0) is 9.53 Å². The van der Waals surface area contributed by atoms with Crippen LogP contribution in [0.4, 0.5) is 11.4 Å². The maximum Gasteiger partial charge on any atom is 0.337 e. The van der Waals surface area contributed by atoms with Crippen LogP contribution in [0, 0.1) is 6.92 Å². The number of esters is 1. The number of methoxy groups -OCH3 is 1. The van der Waals surface area contributed by atoms with Crippen LogP contribution in [0.1, 0.15) is 22.8 Å². The number of amides is 1. The predicted octanol–water partition coefficient (Wildman–Crippen LogP) is 3.23. The molecule has 0 aliphatic carbocycles. The van der Waals surface area contributed by atoms with Gasteiger partial charge in [0.25, 0.3) is 0 Å². The van der Waals surface area contributed by atoms with Gasteiger partial charge in [0.15, 0.2) is 0 Å². The molecule has 0 heterocycles. The summed E-state index contributed by atoms with van der Waals surface area (Å²) < 4.78 is 10.1. The largest absolute Gasteiger partial charge is 0.494 e. The highest BCUT2D eigenvalue weighted by molar-refractivity contribution is 5.97. The number of benzene rings is 2. The van der Waals surface area contributed by atoms with Gasteiger partial charge in [-0.15, -0.1) is 0 Å². The van der Waals surface area contributed by atoms with Crippen LogP contribution in [0.2, 0.25) is 0 Å². The number of hydrogen-bond donors (Lipinski definition) is 2. The summed E-state index contributed by atoms with van der Waals surface area (Å²) in [5.41, 5.74) is 2.66. The Morgan fingerprint density at radius 3 is 2.44 bits per heavy atom. The van der Waals surface area contributed by atoms with Crippen molar-refractivity contribution < 1.29 is 19.1 Å². The standard InChI is InChI=1S/C19H22N2O4/c1-4-25-16-9-7-15(8-10-16)20-12-18(22)21-17-11-14(19(23)24-3)6-5-13(17)2/h5-11,20H,4,12H2,1-3H3,(H,21,22). The number of carbonyl (C=O) groups is 2.